The van der Waals surface area contributed by atoms with Crippen LogP contribution in [0.1, 0.15) is 24.2 Å². The van der Waals surface area contributed by atoms with Crippen molar-refractivity contribution in [2.24, 2.45) is 0 Å². The zero-order chi connectivity index (χ0) is 27.8. The number of hydrogen-bond acceptors (Lipinski definition) is 7. The van der Waals surface area contributed by atoms with E-state index in [4.69, 9.17) is 32.7 Å². The van der Waals surface area contributed by atoms with Crippen LogP contribution in [0, 0.1) is 0 Å². The Morgan fingerprint density at radius 1 is 1.00 bits per heavy atom. The van der Waals surface area contributed by atoms with Crippen molar-refractivity contribution in [2.75, 3.05) is 44.6 Å². The molecule has 0 unspecified atom stereocenters. The number of piperazine rings is 1. The number of benzene rings is 2. The first-order valence-electron chi connectivity index (χ1n) is 12.6. The number of aromatic nitrogens is 3. The first kappa shape index (κ1) is 27.1. The molecule has 3 heterocycles. The number of ether oxygens (including phenoxy) is 2. The number of pyridine rings is 1. The van der Waals surface area contributed by atoms with Crippen LogP contribution in [-0.2, 0) is 0 Å². The number of aromatic amines is 1. The molecule has 2 atom stereocenters. The number of fused-ring (bicyclic) bond motifs is 1. The molecule has 0 aliphatic carbocycles. The SMILES string of the molecule is COc1cc(OC)c(Cl)c(-c2ccc3c(NC(=O)c4ccc(N5C[C@@H](C)N(C)[C@@H](C)C5)cc4)n[nH]c3n2)c1Cl. The fraction of sp³-hybridized carbons (Fsp3) is 0.321. The van der Waals surface area contributed by atoms with Gasteiger partial charge in [-0.3, -0.25) is 14.8 Å². The number of rotatable bonds is 6. The third kappa shape index (κ3) is 5.09. The highest BCUT2D eigenvalue weighted by Crippen LogP contribution is 2.45. The lowest BCUT2D eigenvalue weighted by Crippen LogP contribution is -2.55. The van der Waals surface area contributed by atoms with Crippen molar-refractivity contribution in [3.63, 3.8) is 0 Å². The van der Waals surface area contributed by atoms with Gasteiger partial charge in [0.2, 0.25) is 0 Å². The van der Waals surface area contributed by atoms with Gasteiger partial charge in [-0.05, 0) is 57.3 Å². The molecule has 11 heteroatoms. The number of carbonyl (C=O) groups excluding carboxylic acids is 1. The molecule has 1 amide bonds. The molecule has 39 heavy (non-hydrogen) atoms. The first-order chi connectivity index (χ1) is 18.7. The predicted octanol–water partition coefficient (Wildman–Crippen LogP) is 5.73. The standard InChI is InChI=1S/C28H30Cl2N6O3/c1-15-13-36(14-16(2)35(15)3)18-8-6-17(7-9-18)28(37)32-27-19-10-11-20(31-26(19)33-34-27)23-24(29)21(38-4)12-22(39-5)25(23)30/h6-12,15-16H,13-14H2,1-5H3,(H2,31,32,33,34,37)/t15-,16+. The topological polar surface area (TPSA) is 95.6 Å². The molecule has 4 aromatic rings. The number of carbonyl (C=O) groups is 1. The van der Waals surface area contributed by atoms with Gasteiger partial charge in [0.1, 0.15) is 11.5 Å². The van der Waals surface area contributed by atoms with Crippen molar-refractivity contribution >= 4 is 51.6 Å². The Labute approximate surface area is 237 Å². The number of anilines is 2. The Bertz CT molecular complexity index is 1480. The third-order valence-corrected chi connectivity index (χ3v) is 8.09. The van der Waals surface area contributed by atoms with Crippen molar-refractivity contribution in [1.82, 2.24) is 20.1 Å². The second-order valence-electron chi connectivity index (χ2n) is 9.72. The zero-order valence-electron chi connectivity index (χ0n) is 22.4. The van der Waals surface area contributed by atoms with Crippen LogP contribution in [0.4, 0.5) is 11.5 Å². The molecular weight excluding hydrogens is 539 g/mol. The maximum atomic E-state index is 13.0. The second kappa shape index (κ2) is 10.9. The Hall–Kier alpha value is -3.53. The molecule has 0 spiro atoms. The molecule has 0 bridgehead atoms. The van der Waals surface area contributed by atoms with Gasteiger partial charge in [-0.25, -0.2) is 4.98 Å². The molecule has 204 valence electrons. The molecule has 5 rings (SSSR count). The quantitative estimate of drug-likeness (QED) is 0.306. The monoisotopic (exact) mass is 568 g/mol. The highest BCUT2D eigenvalue weighted by molar-refractivity contribution is 6.41. The number of halogens is 2. The van der Waals surface area contributed by atoms with Crippen LogP contribution in [0.2, 0.25) is 10.0 Å². The number of nitrogens with one attached hydrogen (secondary N) is 2. The molecular formula is C28H30Cl2N6O3. The van der Waals surface area contributed by atoms with Crippen LogP contribution in [0.5, 0.6) is 11.5 Å². The maximum absolute atomic E-state index is 13.0. The lowest BCUT2D eigenvalue weighted by Gasteiger charge is -2.43. The fourth-order valence-electron chi connectivity index (χ4n) is 4.87. The summed E-state index contributed by atoms with van der Waals surface area (Å²) >= 11 is 13.1. The van der Waals surface area contributed by atoms with Crippen molar-refractivity contribution in [1.29, 1.82) is 0 Å². The van der Waals surface area contributed by atoms with Gasteiger partial charge in [-0.15, -0.1) is 0 Å². The van der Waals surface area contributed by atoms with Gasteiger partial charge >= 0.3 is 0 Å². The zero-order valence-corrected chi connectivity index (χ0v) is 23.9. The summed E-state index contributed by atoms with van der Waals surface area (Å²) in [7, 11) is 5.19. The summed E-state index contributed by atoms with van der Waals surface area (Å²) in [4.78, 5) is 22.4. The Morgan fingerprint density at radius 3 is 2.21 bits per heavy atom. The van der Waals surface area contributed by atoms with Crippen LogP contribution in [0.15, 0.2) is 42.5 Å². The number of hydrogen-bond donors (Lipinski definition) is 2. The van der Waals surface area contributed by atoms with Gasteiger partial charge < -0.3 is 19.7 Å². The first-order valence-corrected chi connectivity index (χ1v) is 13.3. The van der Waals surface area contributed by atoms with Crippen LogP contribution in [0.25, 0.3) is 22.3 Å². The van der Waals surface area contributed by atoms with Crippen LogP contribution in [0.3, 0.4) is 0 Å². The van der Waals surface area contributed by atoms with E-state index in [2.05, 4.69) is 51.2 Å². The molecule has 1 aliphatic rings. The third-order valence-electron chi connectivity index (χ3n) is 7.34. The molecule has 1 saturated heterocycles. The van der Waals surface area contributed by atoms with Crippen molar-refractivity contribution < 1.29 is 14.3 Å². The normalized spacial score (nSPS) is 17.9. The molecule has 9 nitrogen and oxygen atoms in total. The summed E-state index contributed by atoms with van der Waals surface area (Å²) in [5.41, 5.74) is 3.08. The van der Waals surface area contributed by atoms with E-state index in [0.717, 1.165) is 18.8 Å². The molecule has 2 N–H and O–H groups in total. The largest absolute Gasteiger partial charge is 0.495 e. The van der Waals surface area contributed by atoms with E-state index in [9.17, 15) is 4.79 Å². The van der Waals surface area contributed by atoms with E-state index in [0.29, 0.717) is 67.3 Å². The van der Waals surface area contributed by atoms with Crippen molar-refractivity contribution in [2.45, 2.75) is 25.9 Å². The molecule has 0 saturated carbocycles. The van der Waals surface area contributed by atoms with E-state index in [1.807, 2.05) is 24.3 Å². The Kier molecular flexibility index (Phi) is 7.57. The highest BCUT2D eigenvalue weighted by atomic mass is 35.5. The van der Waals surface area contributed by atoms with Crippen LogP contribution < -0.4 is 19.7 Å². The average molecular weight is 569 g/mol. The van der Waals surface area contributed by atoms with Crippen molar-refractivity contribution in [3.05, 3.63) is 58.1 Å². The Balaban J connectivity index is 1.36. The van der Waals surface area contributed by atoms with Gasteiger partial charge in [0.15, 0.2) is 11.5 Å². The van der Waals surface area contributed by atoms with E-state index < -0.39 is 0 Å². The smallest absolute Gasteiger partial charge is 0.256 e. The second-order valence-corrected chi connectivity index (χ2v) is 10.5. The fourth-order valence-corrected chi connectivity index (χ4v) is 5.56. The summed E-state index contributed by atoms with van der Waals surface area (Å²) in [6.07, 6.45) is 0. The minimum absolute atomic E-state index is 0.261. The van der Waals surface area contributed by atoms with Gasteiger partial charge in [-0.1, -0.05) is 23.2 Å². The summed E-state index contributed by atoms with van der Waals surface area (Å²) in [6.45, 7) is 6.35. The lowest BCUT2D eigenvalue weighted by atomic mass is 10.1. The maximum Gasteiger partial charge on any atom is 0.256 e. The molecule has 1 aliphatic heterocycles. The van der Waals surface area contributed by atoms with E-state index in [1.54, 1.807) is 18.2 Å². The highest BCUT2D eigenvalue weighted by Gasteiger charge is 2.27. The summed E-state index contributed by atoms with van der Waals surface area (Å²) in [5, 5.41) is 11.3. The predicted molar refractivity (Wildman–Crippen MR) is 156 cm³/mol. The molecule has 2 aromatic heterocycles. The molecule has 2 aromatic carbocycles. The number of nitrogens with zero attached hydrogens (tertiary/aromatic N) is 4. The molecule has 1 fully saturated rings. The number of likely N-dealkylation sites (N-methyl/N-ethyl adjacent to an activating group) is 1. The summed E-state index contributed by atoms with van der Waals surface area (Å²) in [6, 6.07) is 13.7. The van der Waals surface area contributed by atoms with Gasteiger partial charge in [0.05, 0.1) is 35.3 Å². The van der Waals surface area contributed by atoms with Gasteiger partial charge in [0, 0.05) is 48.1 Å². The van der Waals surface area contributed by atoms with Gasteiger partial charge in [-0.2, -0.15) is 5.10 Å². The Morgan fingerprint density at radius 2 is 1.62 bits per heavy atom. The van der Waals surface area contributed by atoms with E-state index in [-0.39, 0.29) is 5.91 Å². The number of H-pyrrole nitrogens is 1. The number of methoxy groups -OCH3 is 2. The summed E-state index contributed by atoms with van der Waals surface area (Å²) in [5.74, 6) is 0.938. The average Bonchev–Trinajstić information content (AvgIpc) is 3.33. The van der Waals surface area contributed by atoms with Crippen molar-refractivity contribution in [3.8, 4) is 22.8 Å². The van der Waals surface area contributed by atoms with Crippen LogP contribution >= 0.6 is 23.2 Å². The number of amides is 1. The lowest BCUT2D eigenvalue weighted by molar-refractivity contribution is 0.102. The van der Waals surface area contributed by atoms with E-state index >= 15 is 0 Å². The minimum atomic E-state index is -0.261. The van der Waals surface area contributed by atoms with E-state index in [1.165, 1.54) is 14.2 Å². The van der Waals surface area contributed by atoms with Gasteiger partial charge in [0.25, 0.3) is 5.91 Å². The molecule has 0 radical (unpaired) electrons. The summed E-state index contributed by atoms with van der Waals surface area (Å²) < 4.78 is 10.7. The van der Waals surface area contributed by atoms with Crippen LogP contribution in [-0.4, -0.2) is 72.4 Å². The minimum Gasteiger partial charge on any atom is -0.495 e.